The van der Waals surface area contributed by atoms with Gasteiger partial charge in [0.15, 0.2) is 11.6 Å². The summed E-state index contributed by atoms with van der Waals surface area (Å²) in [5.41, 5.74) is 5.58. The fourth-order valence-electron chi connectivity index (χ4n) is 4.29. The molecule has 4 nitrogen and oxygen atoms in total. The summed E-state index contributed by atoms with van der Waals surface area (Å²) in [6, 6.07) is 22.1. The van der Waals surface area contributed by atoms with Crippen LogP contribution in [0.1, 0.15) is 46.8 Å². The van der Waals surface area contributed by atoms with Gasteiger partial charge in [0.2, 0.25) is 0 Å². The third-order valence-electron chi connectivity index (χ3n) is 5.85. The number of halogens is 1. The van der Waals surface area contributed by atoms with Gasteiger partial charge in [0.05, 0.1) is 17.4 Å². The number of Topliss-reactive ketones (excluding diaryl/α,β-unsaturated/α-hetero) is 1. The summed E-state index contributed by atoms with van der Waals surface area (Å²) in [6.45, 7) is 0. The van der Waals surface area contributed by atoms with Gasteiger partial charge in [0.25, 0.3) is 0 Å². The summed E-state index contributed by atoms with van der Waals surface area (Å²) in [5.74, 6) is 0.118. The summed E-state index contributed by atoms with van der Waals surface area (Å²) >= 11 is 6.08. The summed E-state index contributed by atoms with van der Waals surface area (Å²) in [5, 5.41) is 7.66. The monoisotopic (exact) mass is 428 g/mol. The Kier molecular flexibility index (Phi) is 5.08. The minimum atomic E-state index is -0.274. The Labute approximate surface area is 185 Å². The van der Waals surface area contributed by atoms with Crippen LogP contribution in [0, 0.1) is 0 Å². The van der Waals surface area contributed by atoms with E-state index < -0.39 is 0 Å². The highest BCUT2D eigenvalue weighted by atomic mass is 35.5. The van der Waals surface area contributed by atoms with Gasteiger partial charge in [-0.2, -0.15) is 0 Å². The van der Waals surface area contributed by atoms with Crippen molar-refractivity contribution in [2.24, 2.45) is 0 Å². The second kappa shape index (κ2) is 8.05. The van der Waals surface area contributed by atoms with Crippen LogP contribution in [0.5, 0.6) is 0 Å². The molecule has 1 heterocycles. The molecule has 0 radical (unpaired) electrons. The largest absolute Gasteiger partial charge is 0.372 e. The topological polar surface area (TPSA) is 58.2 Å². The first-order chi connectivity index (χ1) is 15.1. The molecule has 5 rings (SSSR count). The first-order valence-electron chi connectivity index (χ1n) is 10.4. The maximum Gasteiger partial charge on any atom is 0.193 e. The van der Waals surface area contributed by atoms with Crippen LogP contribution in [0.4, 0.5) is 11.4 Å². The van der Waals surface area contributed by atoms with E-state index in [9.17, 15) is 9.59 Å². The molecule has 1 aliphatic heterocycles. The third-order valence-corrected chi connectivity index (χ3v) is 6.10. The number of fused-ring (bicyclic) bond motifs is 1. The van der Waals surface area contributed by atoms with Gasteiger partial charge in [-0.15, -0.1) is 0 Å². The predicted molar refractivity (Wildman–Crippen MR) is 124 cm³/mol. The van der Waals surface area contributed by atoms with Crippen molar-refractivity contribution in [3.8, 4) is 0 Å². The van der Waals surface area contributed by atoms with Crippen molar-refractivity contribution < 1.29 is 9.59 Å². The highest BCUT2D eigenvalue weighted by Gasteiger charge is 2.32. The molecule has 3 aromatic rings. The molecule has 0 spiro atoms. The zero-order valence-corrected chi connectivity index (χ0v) is 17.6. The van der Waals surface area contributed by atoms with Crippen molar-refractivity contribution in [2.75, 3.05) is 10.6 Å². The fraction of sp³-hybridized carbons (Fsp3) is 0.154. The van der Waals surface area contributed by atoms with Gasteiger partial charge in [0.1, 0.15) is 0 Å². The van der Waals surface area contributed by atoms with Gasteiger partial charge in [-0.25, -0.2) is 0 Å². The maximum atomic E-state index is 12.9. The van der Waals surface area contributed by atoms with Crippen LogP contribution < -0.4 is 10.6 Å². The number of ketones is 2. The molecular weight excluding hydrogens is 408 g/mol. The third kappa shape index (κ3) is 3.75. The van der Waals surface area contributed by atoms with E-state index in [1.807, 2.05) is 72.8 Å². The molecule has 31 heavy (non-hydrogen) atoms. The molecule has 2 N–H and O–H groups in total. The zero-order chi connectivity index (χ0) is 21.4. The van der Waals surface area contributed by atoms with Crippen LogP contribution in [0.25, 0.3) is 0 Å². The molecule has 3 aromatic carbocycles. The van der Waals surface area contributed by atoms with E-state index >= 15 is 0 Å². The number of anilines is 2. The lowest BCUT2D eigenvalue weighted by molar-refractivity contribution is -0.116. The van der Waals surface area contributed by atoms with Gasteiger partial charge < -0.3 is 10.6 Å². The van der Waals surface area contributed by atoms with Gasteiger partial charge in [-0.05, 0) is 48.7 Å². The average Bonchev–Trinajstić information content (AvgIpc) is 2.96. The van der Waals surface area contributed by atoms with Crippen LogP contribution in [-0.4, -0.2) is 11.6 Å². The summed E-state index contributed by atoms with van der Waals surface area (Å²) in [6.07, 6.45) is 2.15. The van der Waals surface area contributed by atoms with Crippen molar-refractivity contribution in [1.29, 1.82) is 0 Å². The number of hydrogen-bond donors (Lipinski definition) is 2. The highest BCUT2D eigenvalue weighted by Crippen LogP contribution is 2.41. The Morgan fingerprint density at radius 3 is 2.42 bits per heavy atom. The molecule has 0 amide bonds. The van der Waals surface area contributed by atoms with Crippen molar-refractivity contribution in [1.82, 2.24) is 0 Å². The van der Waals surface area contributed by atoms with E-state index in [-0.39, 0.29) is 17.6 Å². The molecule has 154 valence electrons. The normalized spacial score (nSPS) is 17.7. The number of nitrogens with one attached hydrogen (secondary N) is 2. The Bertz CT molecular complexity index is 1200. The van der Waals surface area contributed by atoms with Crippen molar-refractivity contribution in [3.05, 3.63) is 106 Å². The Balaban J connectivity index is 1.58. The SMILES string of the molecule is O=C1CCCC2=C1[C@@H](c1ccc(Cl)cc1)Nc1ccc(C(=O)c3ccccc3)cc1N2. The minimum Gasteiger partial charge on any atom is -0.372 e. The lowest BCUT2D eigenvalue weighted by Gasteiger charge is -2.25. The maximum absolute atomic E-state index is 12.9. The fourth-order valence-corrected chi connectivity index (χ4v) is 4.42. The van der Waals surface area contributed by atoms with E-state index in [1.54, 1.807) is 0 Å². The number of carbonyl (C=O) groups excluding carboxylic acids is 2. The second-order valence-electron chi connectivity index (χ2n) is 7.88. The molecule has 0 fully saturated rings. The Morgan fingerprint density at radius 2 is 1.65 bits per heavy atom. The van der Waals surface area contributed by atoms with Gasteiger partial charge >= 0.3 is 0 Å². The lowest BCUT2D eigenvalue weighted by Crippen LogP contribution is -2.23. The summed E-state index contributed by atoms with van der Waals surface area (Å²) in [7, 11) is 0. The Hall–Kier alpha value is -3.37. The average molecular weight is 429 g/mol. The van der Waals surface area contributed by atoms with Crippen LogP contribution in [0.3, 0.4) is 0 Å². The van der Waals surface area contributed by atoms with E-state index in [0.717, 1.165) is 41.1 Å². The first-order valence-corrected chi connectivity index (χ1v) is 10.8. The number of carbonyl (C=O) groups is 2. The molecule has 0 aromatic heterocycles. The molecule has 0 saturated carbocycles. The molecule has 0 bridgehead atoms. The summed E-state index contributed by atoms with van der Waals surface area (Å²) < 4.78 is 0. The van der Waals surface area contributed by atoms with E-state index in [4.69, 9.17) is 11.6 Å². The minimum absolute atomic E-state index is 0.0300. The van der Waals surface area contributed by atoms with E-state index in [1.165, 1.54) is 0 Å². The van der Waals surface area contributed by atoms with Crippen molar-refractivity contribution in [3.63, 3.8) is 0 Å². The second-order valence-corrected chi connectivity index (χ2v) is 8.31. The highest BCUT2D eigenvalue weighted by molar-refractivity contribution is 6.30. The first kappa shape index (κ1) is 19.6. The molecule has 1 aliphatic carbocycles. The molecule has 2 aliphatic rings. The van der Waals surface area contributed by atoms with E-state index in [2.05, 4.69) is 10.6 Å². The van der Waals surface area contributed by atoms with Crippen LogP contribution in [0.2, 0.25) is 5.02 Å². The Morgan fingerprint density at radius 1 is 0.871 bits per heavy atom. The summed E-state index contributed by atoms with van der Waals surface area (Å²) in [4.78, 5) is 25.9. The van der Waals surface area contributed by atoms with Gasteiger partial charge in [-0.1, -0.05) is 54.1 Å². The van der Waals surface area contributed by atoms with Crippen molar-refractivity contribution in [2.45, 2.75) is 25.3 Å². The van der Waals surface area contributed by atoms with Gasteiger partial charge in [0, 0.05) is 33.8 Å². The zero-order valence-electron chi connectivity index (χ0n) is 16.8. The van der Waals surface area contributed by atoms with Gasteiger partial charge in [-0.3, -0.25) is 9.59 Å². The smallest absolute Gasteiger partial charge is 0.193 e. The molecule has 0 saturated heterocycles. The molecule has 5 heteroatoms. The number of hydrogen-bond acceptors (Lipinski definition) is 4. The number of allylic oxidation sites excluding steroid dienone is 1. The van der Waals surface area contributed by atoms with Crippen LogP contribution in [0.15, 0.2) is 84.1 Å². The number of benzene rings is 3. The molecule has 1 atom stereocenters. The molecular formula is C26H21ClN2O2. The quantitative estimate of drug-likeness (QED) is 0.491. The van der Waals surface area contributed by atoms with Crippen LogP contribution >= 0.6 is 11.6 Å². The predicted octanol–water partition coefficient (Wildman–Crippen LogP) is 6.16. The number of rotatable bonds is 3. The van der Waals surface area contributed by atoms with Crippen LogP contribution in [-0.2, 0) is 4.79 Å². The lowest BCUT2D eigenvalue weighted by atomic mass is 9.87. The van der Waals surface area contributed by atoms with Crippen molar-refractivity contribution >= 4 is 34.5 Å². The van der Waals surface area contributed by atoms with E-state index in [0.29, 0.717) is 22.6 Å². The standard InChI is InChI=1S/C26H21ClN2O2/c27-19-12-9-16(10-13-19)25-24-21(7-4-8-23(24)30)28-22-15-18(11-14-20(22)29-25)26(31)17-5-2-1-3-6-17/h1-3,5-6,9-15,25,28-29H,4,7-8H2/t25-/m1/s1. The molecule has 0 unspecified atom stereocenters.